The molecule has 14 heavy (non-hydrogen) atoms. The van der Waals surface area contributed by atoms with Crippen LogP contribution in [0.1, 0.15) is 18.4 Å². The zero-order valence-electron chi connectivity index (χ0n) is 7.87. The van der Waals surface area contributed by atoms with Crippen molar-refractivity contribution in [3.05, 3.63) is 34.3 Å². The number of ether oxygens (including phenoxy) is 1. The Hall–Kier alpha value is -0.380. The molecule has 2 rings (SSSR count). The van der Waals surface area contributed by atoms with Gasteiger partial charge in [-0.05, 0) is 30.5 Å². The number of hydrogen-bond acceptors (Lipinski definition) is 2. The van der Waals surface area contributed by atoms with Gasteiger partial charge >= 0.3 is 0 Å². The molecule has 0 radical (unpaired) electrons. The Balaban J connectivity index is 2.23. The molecule has 1 fully saturated rings. The largest absolute Gasteiger partial charge is 0.383 e. The minimum atomic E-state index is -0.779. The minimum Gasteiger partial charge on any atom is -0.383 e. The molecular formula is C11H13BrO2. The van der Waals surface area contributed by atoms with Gasteiger partial charge in [-0.15, -0.1) is 0 Å². The van der Waals surface area contributed by atoms with Crippen molar-refractivity contribution in [2.75, 3.05) is 13.2 Å². The van der Waals surface area contributed by atoms with E-state index in [0.717, 1.165) is 29.5 Å². The van der Waals surface area contributed by atoms with Crippen molar-refractivity contribution in [3.63, 3.8) is 0 Å². The summed E-state index contributed by atoms with van der Waals surface area (Å²) in [6, 6.07) is 7.78. The fourth-order valence-corrected chi connectivity index (χ4v) is 2.03. The average molecular weight is 257 g/mol. The Bertz CT molecular complexity index is 302. The second-order valence-corrected chi connectivity index (χ2v) is 4.61. The number of aliphatic hydroxyl groups is 1. The Morgan fingerprint density at radius 2 is 2.00 bits per heavy atom. The fraction of sp³-hybridized carbons (Fsp3) is 0.455. The second-order valence-electron chi connectivity index (χ2n) is 3.69. The lowest BCUT2D eigenvalue weighted by molar-refractivity contribution is -0.0902. The predicted octanol–water partition coefficient (Wildman–Crippen LogP) is 2.45. The summed E-state index contributed by atoms with van der Waals surface area (Å²) < 4.78 is 6.34. The van der Waals surface area contributed by atoms with Gasteiger partial charge in [0.2, 0.25) is 0 Å². The number of rotatable bonds is 1. The van der Waals surface area contributed by atoms with Crippen molar-refractivity contribution in [1.82, 2.24) is 0 Å². The highest BCUT2D eigenvalue weighted by Gasteiger charge is 2.31. The molecule has 0 aromatic heterocycles. The molecule has 1 atom stereocenters. The van der Waals surface area contributed by atoms with E-state index in [1.807, 2.05) is 24.3 Å². The van der Waals surface area contributed by atoms with Gasteiger partial charge in [0, 0.05) is 11.1 Å². The Kier molecular flexibility index (Phi) is 2.91. The van der Waals surface area contributed by atoms with Crippen LogP contribution in [0.25, 0.3) is 0 Å². The van der Waals surface area contributed by atoms with Crippen LogP contribution in [-0.4, -0.2) is 18.3 Å². The van der Waals surface area contributed by atoms with Crippen LogP contribution in [0.5, 0.6) is 0 Å². The summed E-state index contributed by atoms with van der Waals surface area (Å²) in [4.78, 5) is 0. The van der Waals surface area contributed by atoms with Crippen LogP contribution in [0.2, 0.25) is 0 Å². The highest BCUT2D eigenvalue weighted by atomic mass is 79.9. The maximum Gasteiger partial charge on any atom is 0.113 e. The highest BCUT2D eigenvalue weighted by Crippen LogP contribution is 2.30. The lowest BCUT2D eigenvalue weighted by Gasteiger charge is -2.32. The molecule has 1 saturated heterocycles. The van der Waals surface area contributed by atoms with Gasteiger partial charge in [0.1, 0.15) is 5.60 Å². The minimum absolute atomic E-state index is 0.411. The first-order valence-electron chi connectivity index (χ1n) is 4.77. The topological polar surface area (TPSA) is 29.5 Å². The molecular weight excluding hydrogens is 244 g/mol. The van der Waals surface area contributed by atoms with E-state index < -0.39 is 5.60 Å². The first-order valence-corrected chi connectivity index (χ1v) is 5.56. The third-order valence-corrected chi connectivity index (χ3v) is 3.13. The van der Waals surface area contributed by atoms with E-state index in [1.54, 1.807) is 0 Å². The van der Waals surface area contributed by atoms with Crippen molar-refractivity contribution in [2.45, 2.75) is 18.4 Å². The van der Waals surface area contributed by atoms with Crippen molar-refractivity contribution in [2.24, 2.45) is 0 Å². The van der Waals surface area contributed by atoms with Crippen LogP contribution >= 0.6 is 15.9 Å². The lowest BCUT2D eigenvalue weighted by atomic mass is 9.89. The van der Waals surface area contributed by atoms with Crippen molar-refractivity contribution in [1.29, 1.82) is 0 Å². The molecule has 1 N–H and O–H groups in total. The summed E-state index contributed by atoms with van der Waals surface area (Å²) in [5, 5.41) is 10.3. The summed E-state index contributed by atoms with van der Waals surface area (Å²) in [5.74, 6) is 0. The molecule has 0 saturated carbocycles. The molecule has 1 unspecified atom stereocenters. The summed E-state index contributed by atoms with van der Waals surface area (Å²) in [6.07, 6.45) is 1.71. The second kappa shape index (κ2) is 4.01. The first-order chi connectivity index (χ1) is 6.71. The first kappa shape index (κ1) is 10.1. The van der Waals surface area contributed by atoms with Gasteiger partial charge in [-0.2, -0.15) is 0 Å². The van der Waals surface area contributed by atoms with E-state index in [2.05, 4.69) is 15.9 Å². The van der Waals surface area contributed by atoms with Crippen LogP contribution in [0.4, 0.5) is 0 Å². The van der Waals surface area contributed by atoms with E-state index in [0.29, 0.717) is 6.61 Å². The zero-order chi connectivity index (χ0) is 10.0. The van der Waals surface area contributed by atoms with E-state index >= 15 is 0 Å². The van der Waals surface area contributed by atoms with Crippen molar-refractivity contribution >= 4 is 15.9 Å². The quantitative estimate of drug-likeness (QED) is 0.837. The molecule has 1 aliphatic rings. The van der Waals surface area contributed by atoms with Crippen molar-refractivity contribution in [3.8, 4) is 0 Å². The number of hydrogen-bond donors (Lipinski definition) is 1. The zero-order valence-corrected chi connectivity index (χ0v) is 9.46. The molecule has 3 heteroatoms. The normalized spacial score (nSPS) is 27.6. The summed E-state index contributed by atoms with van der Waals surface area (Å²) in [7, 11) is 0. The molecule has 2 nitrogen and oxygen atoms in total. The molecule has 1 aromatic carbocycles. The van der Waals surface area contributed by atoms with Crippen LogP contribution in [0.15, 0.2) is 28.7 Å². The predicted molar refractivity (Wildman–Crippen MR) is 58.1 cm³/mol. The summed E-state index contributed by atoms with van der Waals surface area (Å²) >= 11 is 3.37. The van der Waals surface area contributed by atoms with Crippen LogP contribution in [0.3, 0.4) is 0 Å². The molecule has 76 valence electrons. The third-order valence-electron chi connectivity index (χ3n) is 2.60. The van der Waals surface area contributed by atoms with E-state index in [-0.39, 0.29) is 0 Å². The van der Waals surface area contributed by atoms with Gasteiger partial charge in [0.25, 0.3) is 0 Å². The van der Waals surface area contributed by atoms with Crippen LogP contribution in [-0.2, 0) is 10.3 Å². The lowest BCUT2D eigenvalue weighted by Crippen LogP contribution is -2.35. The maximum atomic E-state index is 10.3. The number of benzene rings is 1. The molecule has 1 aliphatic heterocycles. The van der Waals surface area contributed by atoms with Crippen LogP contribution in [0, 0.1) is 0 Å². The molecule has 0 bridgehead atoms. The van der Waals surface area contributed by atoms with Gasteiger partial charge < -0.3 is 9.84 Å². The highest BCUT2D eigenvalue weighted by molar-refractivity contribution is 9.10. The van der Waals surface area contributed by atoms with Crippen LogP contribution < -0.4 is 0 Å². The Labute approximate surface area is 92.0 Å². The Morgan fingerprint density at radius 1 is 1.29 bits per heavy atom. The standard InChI is InChI=1S/C11H13BrO2/c12-10-4-2-9(3-5-10)11(13)6-1-7-14-8-11/h2-5,13H,1,6-8H2. The molecule has 0 amide bonds. The third kappa shape index (κ3) is 2.00. The summed E-state index contributed by atoms with van der Waals surface area (Å²) in [6.45, 7) is 1.17. The van der Waals surface area contributed by atoms with Gasteiger partial charge in [-0.1, -0.05) is 28.1 Å². The van der Waals surface area contributed by atoms with Crippen molar-refractivity contribution < 1.29 is 9.84 Å². The Morgan fingerprint density at radius 3 is 2.57 bits per heavy atom. The molecule has 0 aliphatic carbocycles. The van der Waals surface area contributed by atoms with E-state index in [4.69, 9.17) is 4.74 Å². The molecule has 0 spiro atoms. The van der Waals surface area contributed by atoms with E-state index in [9.17, 15) is 5.11 Å². The van der Waals surface area contributed by atoms with Gasteiger partial charge in [-0.3, -0.25) is 0 Å². The fourth-order valence-electron chi connectivity index (χ4n) is 1.77. The monoisotopic (exact) mass is 256 g/mol. The average Bonchev–Trinajstić information content (AvgIpc) is 2.19. The summed E-state index contributed by atoms with van der Waals surface area (Å²) in [5.41, 5.74) is 0.166. The van der Waals surface area contributed by atoms with Gasteiger partial charge in [0.05, 0.1) is 6.61 Å². The molecule has 1 aromatic rings. The van der Waals surface area contributed by atoms with E-state index in [1.165, 1.54) is 0 Å². The number of halogens is 1. The smallest absolute Gasteiger partial charge is 0.113 e. The van der Waals surface area contributed by atoms with Gasteiger partial charge in [-0.25, -0.2) is 0 Å². The van der Waals surface area contributed by atoms with Gasteiger partial charge in [0.15, 0.2) is 0 Å². The maximum absolute atomic E-state index is 10.3. The molecule has 1 heterocycles. The SMILES string of the molecule is OC1(c2ccc(Br)cc2)CCCOC1.